The van der Waals surface area contributed by atoms with Gasteiger partial charge in [-0.15, -0.1) is 0 Å². The number of amides is 2. The summed E-state index contributed by atoms with van der Waals surface area (Å²) in [4.78, 5) is 46.1. The molecule has 28 heavy (non-hydrogen) atoms. The van der Waals surface area contributed by atoms with Gasteiger partial charge in [0.2, 0.25) is 0 Å². The SMILES string of the molecule is O=C(/C=C/C(=O)OCCNC(=O)[C@H]1COCO1)OCCNC(=O)[C@H]1COCO1. The number of hydrogen-bond acceptors (Lipinski definition) is 10. The molecule has 12 nitrogen and oxygen atoms in total. The maximum absolute atomic E-state index is 11.6. The standard InChI is InChI=1S/C16H22N2O10/c19-13(25-5-3-17-15(21)11-7-23-9-27-11)1-2-14(20)26-6-4-18-16(22)12-8-24-10-28-12/h1-2,11-12H,3-10H2,(H,17,21)(H,18,22)/b2-1+/t11-,12-/m1/s1. The summed E-state index contributed by atoms with van der Waals surface area (Å²) in [7, 11) is 0. The average molecular weight is 402 g/mol. The smallest absolute Gasteiger partial charge is 0.331 e. The summed E-state index contributed by atoms with van der Waals surface area (Å²) >= 11 is 0. The van der Waals surface area contributed by atoms with E-state index in [-0.39, 0.29) is 64.9 Å². The molecule has 0 unspecified atom stereocenters. The molecule has 0 aliphatic carbocycles. The summed E-state index contributed by atoms with van der Waals surface area (Å²) in [5.74, 6) is -2.24. The Hall–Kier alpha value is -2.54. The average Bonchev–Trinajstić information content (AvgIpc) is 3.40. The first-order valence-electron chi connectivity index (χ1n) is 8.52. The summed E-state index contributed by atoms with van der Waals surface area (Å²) in [6.07, 6.45) is 0.490. The zero-order chi connectivity index (χ0) is 20.2. The zero-order valence-corrected chi connectivity index (χ0v) is 15.0. The van der Waals surface area contributed by atoms with E-state index in [0.717, 1.165) is 12.2 Å². The molecule has 0 radical (unpaired) electrons. The Bertz CT molecular complexity index is 532. The van der Waals surface area contributed by atoms with E-state index in [1.54, 1.807) is 0 Å². The molecule has 0 spiro atoms. The third-order valence-electron chi connectivity index (χ3n) is 3.48. The molecule has 2 atom stereocenters. The minimum Gasteiger partial charge on any atom is -0.461 e. The van der Waals surface area contributed by atoms with Crippen LogP contribution in [0.25, 0.3) is 0 Å². The predicted octanol–water partition coefficient (Wildman–Crippen LogP) is -2.39. The first kappa shape index (κ1) is 21.8. The lowest BCUT2D eigenvalue weighted by Crippen LogP contribution is -2.38. The number of rotatable bonds is 10. The molecule has 0 aromatic rings. The number of esters is 2. The summed E-state index contributed by atoms with van der Waals surface area (Å²) < 4.78 is 29.4. The maximum atomic E-state index is 11.6. The fraction of sp³-hybridized carbons (Fsp3) is 0.625. The van der Waals surface area contributed by atoms with Gasteiger partial charge in [-0.05, 0) is 0 Å². The summed E-state index contributed by atoms with van der Waals surface area (Å²) in [6, 6.07) is 0. The molecule has 0 saturated carbocycles. The first-order chi connectivity index (χ1) is 13.6. The molecule has 2 saturated heterocycles. The number of carbonyl (C=O) groups excluding carboxylic acids is 4. The minimum absolute atomic E-state index is 0.0729. The van der Waals surface area contributed by atoms with Gasteiger partial charge in [0.15, 0.2) is 12.2 Å². The van der Waals surface area contributed by atoms with E-state index in [1.807, 2.05) is 0 Å². The first-order valence-corrected chi connectivity index (χ1v) is 8.52. The van der Waals surface area contributed by atoms with Gasteiger partial charge in [-0.1, -0.05) is 0 Å². The molecule has 2 N–H and O–H groups in total. The van der Waals surface area contributed by atoms with Crippen LogP contribution in [-0.4, -0.2) is 89.1 Å². The molecular weight excluding hydrogens is 380 g/mol. The van der Waals surface area contributed by atoms with E-state index < -0.39 is 24.1 Å². The molecule has 0 bridgehead atoms. The lowest BCUT2D eigenvalue weighted by molar-refractivity contribution is -0.141. The highest BCUT2D eigenvalue weighted by Crippen LogP contribution is 2.02. The van der Waals surface area contributed by atoms with Crippen LogP contribution in [-0.2, 0) is 47.6 Å². The van der Waals surface area contributed by atoms with E-state index in [2.05, 4.69) is 10.6 Å². The Kier molecular flexibility index (Phi) is 9.34. The van der Waals surface area contributed by atoms with Gasteiger partial charge < -0.3 is 39.1 Å². The highest BCUT2D eigenvalue weighted by Gasteiger charge is 2.24. The van der Waals surface area contributed by atoms with Crippen LogP contribution >= 0.6 is 0 Å². The molecule has 0 aromatic carbocycles. The van der Waals surface area contributed by atoms with Gasteiger partial charge in [0.05, 0.1) is 26.3 Å². The van der Waals surface area contributed by atoms with Gasteiger partial charge >= 0.3 is 11.9 Å². The Balaban J connectivity index is 1.48. The molecule has 2 rings (SSSR count). The van der Waals surface area contributed by atoms with Crippen molar-refractivity contribution in [1.29, 1.82) is 0 Å². The van der Waals surface area contributed by atoms with Gasteiger partial charge in [0.25, 0.3) is 11.8 Å². The summed E-state index contributed by atoms with van der Waals surface area (Å²) in [5, 5.41) is 5.04. The topological polar surface area (TPSA) is 148 Å². The summed E-state index contributed by atoms with van der Waals surface area (Å²) in [5.41, 5.74) is 0. The van der Waals surface area contributed by atoms with Crippen molar-refractivity contribution in [1.82, 2.24) is 10.6 Å². The number of nitrogens with one attached hydrogen (secondary N) is 2. The van der Waals surface area contributed by atoms with Crippen molar-refractivity contribution < 1.29 is 47.6 Å². The molecule has 2 aliphatic heterocycles. The molecule has 0 aromatic heterocycles. The van der Waals surface area contributed by atoms with Crippen LogP contribution in [0.1, 0.15) is 0 Å². The van der Waals surface area contributed by atoms with Crippen LogP contribution in [0.4, 0.5) is 0 Å². The van der Waals surface area contributed by atoms with E-state index in [9.17, 15) is 19.2 Å². The molecule has 2 amide bonds. The van der Waals surface area contributed by atoms with E-state index in [4.69, 9.17) is 28.4 Å². The Morgan fingerprint density at radius 2 is 1.21 bits per heavy atom. The lowest BCUT2D eigenvalue weighted by Gasteiger charge is -2.09. The monoisotopic (exact) mass is 402 g/mol. The van der Waals surface area contributed by atoms with Gasteiger partial charge in [-0.3, -0.25) is 9.59 Å². The van der Waals surface area contributed by atoms with Crippen LogP contribution in [0.15, 0.2) is 12.2 Å². The van der Waals surface area contributed by atoms with Crippen molar-refractivity contribution in [2.75, 3.05) is 53.1 Å². The zero-order valence-electron chi connectivity index (χ0n) is 15.0. The fourth-order valence-corrected chi connectivity index (χ4v) is 2.08. The van der Waals surface area contributed by atoms with Crippen molar-refractivity contribution in [3.05, 3.63) is 12.2 Å². The van der Waals surface area contributed by atoms with Crippen LogP contribution in [0.3, 0.4) is 0 Å². The van der Waals surface area contributed by atoms with Crippen molar-refractivity contribution in [3.63, 3.8) is 0 Å². The highest BCUT2D eigenvalue weighted by atomic mass is 16.7. The second-order valence-electron chi connectivity index (χ2n) is 5.54. The molecule has 156 valence electrons. The quantitative estimate of drug-likeness (QED) is 0.230. The van der Waals surface area contributed by atoms with Gasteiger partial charge in [-0.25, -0.2) is 9.59 Å². The Morgan fingerprint density at radius 1 is 0.786 bits per heavy atom. The second kappa shape index (κ2) is 12.0. The van der Waals surface area contributed by atoms with Gasteiger partial charge in [-0.2, -0.15) is 0 Å². The largest absolute Gasteiger partial charge is 0.461 e. The Labute approximate surface area is 160 Å². The summed E-state index contributed by atoms with van der Waals surface area (Å²) in [6.45, 7) is 0.559. The Morgan fingerprint density at radius 3 is 1.57 bits per heavy atom. The van der Waals surface area contributed by atoms with Gasteiger partial charge in [0.1, 0.15) is 26.8 Å². The molecule has 12 heteroatoms. The number of ether oxygens (including phenoxy) is 6. The van der Waals surface area contributed by atoms with Crippen molar-refractivity contribution in [2.45, 2.75) is 12.2 Å². The van der Waals surface area contributed by atoms with Gasteiger partial charge in [0, 0.05) is 12.2 Å². The van der Waals surface area contributed by atoms with E-state index >= 15 is 0 Å². The van der Waals surface area contributed by atoms with Crippen LogP contribution in [0.2, 0.25) is 0 Å². The van der Waals surface area contributed by atoms with E-state index in [0.29, 0.717) is 0 Å². The van der Waals surface area contributed by atoms with Crippen molar-refractivity contribution in [2.24, 2.45) is 0 Å². The second-order valence-corrected chi connectivity index (χ2v) is 5.54. The van der Waals surface area contributed by atoms with Crippen LogP contribution in [0.5, 0.6) is 0 Å². The minimum atomic E-state index is -0.765. The molecular formula is C16H22N2O10. The third kappa shape index (κ3) is 8.00. The maximum Gasteiger partial charge on any atom is 0.331 e. The van der Waals surface area contributed by atoms with E-state index in [1.165, 1.54) is 0 Å². The molecule has 2 heterocycles. The number of carbonyl (C=O) groups is 4. The van der Waals surface area contributed by atoms with Crippen LogP contribution in [0, 0.1) is 0 Å². The molecule has 2 aliphatic rings. The van der Waals surface area contributed by atoms with Crippen LogP contribution < -0.4 is 10.6 Å². The predicted molar refractivity (Wildman–Crippen MR) is 88.5 cm³/mol. The highest BCUT2D eigenvalue weighted by molar-refractivity contribution is 5.91. The normalized spacial score (nSPS) is 21.4. The third-order valence-corrected chi connectivity index (χ3v) is 3.48. The van der Waals surface area contributed by atoms with Crippen molar-refractivity contribution >= 4 is 23.8 Å². The fourth-order valence-electron chi connectivity index (χ4n) is 2.08. The molecule has 2 fully saturated rings. The number of hydrogen-bond donors (Lipinski definition) is 2. The van der Waals surface area contributed by atoms with Crippen molar-refractivity contribution in [3.8, 4) is 0 Å². The lowest BCUT2D eigenvalue weighted by atomic mass is 10.3.